The van der Waals surface area contributed by atoms with Gasteiger partial charge in [0.15, 0.2) is 0 Å². The van der Waals surface area contributed by atoms with Gasteiger partial charge in [-0.15, -0.1) is 0 Å². The van der Waals surface area contributed by atoms with Gasteiger partial charge in [0.1, 0.15) is 0 Å². The summed E-state index contributed by atoms with van der Waals surface area (Å²) in [5, 5.41) is 17.5. The van der Waals surface area contributed by atoms with Gasteiger partial charge in [-0.3, -0.25) is 4.79 Å². The summed E-state index contributed by atoms with van der Waals surface area (Å²) in [6.07, 6.45) is 0.210. The van der Waals surface area contributed by atoms with Crippen LogP contribution in [-0.2, 0) is 4.79 Å². The third-order valence-corrected chi connectivity index (χ3v) is 1.48. The molecule has 0 saturated heterocycles. The highest BCUT2D eigenvalue weighted by atomic mass is 16.4. The summed E-state index contributed by atoms with van der Waals surface area (Å²) in [6.45, 7) is 5.35. The van der Waals surface area contributed by atoms with E-state index in [1.807, 2.05) is 13.8 Å². The van der Waals surface area contributed by atoms with Crippen molar-refractivity contribution in [3.63, 3.8) is 0 Å². The number of rotatable bonds is 4. The SMILES string of the molecule is CC(O)CC(C)(C)CC(=O)O. The van der Waals surface area contributed by atoms with Crippen molar-refractivity contribution in [3.05, 3.63) is 0 Å². The largest absolute Gasteiger partial charge is 0.481 e. The van der Waals surface area contributed by atoms with Crippen LogP contribution in [0.3, 0.4) is 0 Å². The van der Waals surface area contributed by atoms with Crippen molar-refractivity contribution >= 4 is 5.97 Å². The van der Waals surface area contributed by atoms with Crippen LogP contribution < -0.4 is 0 Å². The van der Waals surface area contributed by atoms with Crippen LogP contribution in [0.15, 0.2) is 0 Å². The first-order chi connectivity index (χ1) is 4.83. The predicted molar refractivity (Wildman–Crippen MR) is 42.3 cm³/mol. The molecule has 0 fully saturated rings. The monoisotopic (exact) mass is 160 g/mol. The van der Waals surface area contributed by atoms with Crippen LogP contribution in [0.2, 0.25) is 0 Å². The maximum atomic E-state index is 10.3. The van der Waals surface area contributed by atoms with Crippen molar-refractivity contribution in [3.8, 4) is 0 Å². The van der Waals surface area contributed by atoms with Gasteiger partial charge in [0, 0.05) is 0 Å². The molecule has 11 heavy (non-hydrogen) atoms. The van der Waals surface area contributed by atoms with E-state index in [4.69, 9.17) is 10.2 Å². The summed E-state index contributed by atoms with van der Waals surface area (Å²) in [4.78, 5) is 10.3. The average molecular weight is 160 g/mol. The summed E-state index contributed by atoms with van der Waals surface area (Å²) in [7, 11) is 0. The van der Waals surface area contributed by atoms with Gasteiger partial charge in [-0.2, -0.15) is 0 Å². The Morgan fingerprint density at radius 1 is 1.55 bits per heavy atom. The fourth-order valence-corrected chi connectivity index (χ4v) is 1.28. The Labute approximate surface area is 67.0 Å². The van der Waals surface area contributed by atoms with Crippen LogP contribution in [0.25, 0.3) is 0 Å². The first kappa shape index (κ1) is 10.4. The molecule has 0 bridgehead atoms. The van der Waals surface area contributed by atoms with Crippen LogP contribution >= 0.6 is 0 Å². The Hall–Kier alpha value is -0.570. The van der Waals surface area contributed by atoms with E-state index in [1.54, 1.807) is 6.92 Å². The van der Waals surface area contributed by atoms with Gasteiger partial charge in [0.2, 0.25) is 0 Å². The maximum absolute atomic E-state index is 10.3. The summed E-state index contributed by atoms with van der Waals surface area (Å²) in [6, 6.07) is 0. The molecule has 0 spiro atoms. The normalized spacial score (nSPS) is 14.5. The topological polar surface area (TPSA) is 57.5 Å². The molecule has 0 aromatic carbocycles. The first-order valence-electron chi connectivity index (χ1n) is 3.73. The Morgan fingerprint density at radius 2 is 2.00 bits per heavy atom. The standard InChI is InChI=1S/C8H16O3/c1-6(9)4-8(2,3)5-7(10)11/h6,9H,4-5H2,1-3H3,(H,10,11). The molecule has 3 nitrogen and oxygen atoms in total. The van der Waals surface area contributed by atoms with E-state index in [0.717, 1.165) is 0 Å². The molecule has 0 aliphatic rings. The second-order valence-electron chi connectivity index (χ2n) is 3.79. The Kier molecular flexibility index (Phi) is 3.52. The number of carbonyl (C=O) groups is 1. The van der Waals surface area contributed by atoms with Gasteiger partial charge in [-0.1, -0.05) is 13.8 Å². The fraction of sp³-hybridized carbons (Fsp3) is 0.875. The lowest BCUT2D eigenvalue weighted by molar-refractivity contribution is -0.139. The highest BCUT2D eigenvalue weighted by Gasteiger charge is 2.23. The minimum atomic E-state index is -0.810. The summed E-state index contributed by atoms with van der Waals surface area (Å²) in [5.41, 5.74) is -0.306. The Bertz CT molecular complexity index is 138. The molecule has 0 radical (unpaired) electrons. The Morgan fingerprint density at radius 3 is 2.27 bits per heavy atom. The molecule has 0 aliphatic carbocycles. The van der Waals surface area contributed by atoms with Gasteiger partial charge < -0.3 is 10.2 Å². The van der Waals surface area contributed by atoms with E-state index in [2.05, 4.69) is 0 Å². The van der Waals surface area contributed by atoms with Crippen molar-refractivity contribution in [1.82, 2.24) is 0 Å². The van der Waals surface area contributed by atoms with Crippen LogP contribution in [0.1, 0.15) is 33.6 Å². The molecule has 0 heterocycles. The smallest absolute Gasteiger partial charge is 0.303 e. The molecule has 0 rings (SSSR count). The zero-order valence-corrected chi connectivity index (χ0v) is 7.29. The second kappa shape index (κ2) is 3.72. The number of carboxylic acids is 1. The molecule has 2 N–H and O–H groups in total. The molecule has 66 valence electrons. The molecule has 0 amide bonds. The summed E-state index contributed by atoms with van der Waals surface area (Å²) < 4.78 is 0. The number of aliphatic hydroxyl groups excluding tert-OH is 1. The van der Waals surface area contributed by atoms with E-state index in [-0.39, 0.29) is 11.8 Å². The zero-order chi connectivity index (χ0) is 9.07. The van der Waals surface area contributed by atoms with E-state index < -0.39 is 12.1 Å². The van der Waals surface area contributed by atoms with Gasteiger partial charge in [-0.25, -0.2) is 0 Å². The van der Waals surface area contributed by atoms with Gasteiger partial charge in [0.05, 0.1) is 12.5 Å². The van der Waals surface area contributed by atoms with E-state index >= 15 is 0 Å². The van der Waals surface area contributed by atoms with E-state index in [0.29, 0.717) is 6.42 Å². The number of aliphatic carboxylic acids is 1. The predicted octanol–water partition coefficient (Wildman–Crippen LogP) is 1.26. The van der Waals surface area contributed by atoms with Gasteiger partial charge >= 0.3 is 5.97 Å². The number of aliphatic hydroxyl groups is 1. The van der Waals surface area contributed by atoms with Crippen molar-refractivity contribution in [2.45, 2.75) is 39.7 Å². The molecule has 0 aromatic heterocycles. The summed E-state index contributed by atoms with van der Waals surface area (Å²) in [5.74, 6) is -0.810. The molecular weight excluding hydrogens is 144 g/mol. The number of hydrogen-bond donors (Lipinski definition) is 2. The second-order valence-corrected chi connectivity index (χ2v) is 3.79. The average Bonchev–Trinajstić information content (AvgIpc) is 1.53. The minimum Gasteiger partial charge on any atom is -0.481 e. The number of hydrogen-bond acceptors (Lipinski definition) is 2. The lowest BCUT2D eigenvalue weighted by Gasteiger charge is -2.23. The van der Waals surface area contributed by atoms with Crippen LogP contribution in [0, 0.1) is 5.41 Å². The molecule has 3 heteroatoms. The van der Waals surface area contributed by atoms with Crippen LogP contribution in [0.5, 0.6) is 0 Å². The van der Waals surface area contributed by atoms with Gasteiger partial charge in [0.25, 0.3) is 0 Å². The lowest BCUT2D eigenvalue weighted by Crippen LogP contribution is -2.21. The van der Waals surface area contributed by atoms with Gasteiger partial charge in [-0.05, 0) is 18.8 Å². The molecule has 0 saturated carbocycles. The van der Waals surface area contributed by atoms with Crippen molar-refractivity contribution in [2.75, 3.05) is 0 Å². The molecular formula is C8H16O3. The lowest BCUT2D eigenvalue weighted by atomic mass is 9.84. The van der Waals surface area contributed by atoms with Crippen molar-refractivity contribution in [1.29, 1.82) is 0 Å². The third kappa shape index (κ3) is 5.85. The highest BCUT2D eigenvalue weighted by Crippen LogP contribution is 2.26. The molecule has 1 atom stereocenters. The fourth-order valence-electron chi connectivity index (χ4n) is 1.28. The van der Waals surface area contributed by atoms with E-state index in [1.165, 1.54) is 0 Å². The first-order valence-corrected chi connectivity index (χ1v) is 3.73. The molecule has 1 unspecified atom stereocenters. The highest BCUT2D eigenvalue weighted by molar-refractivity contribution is 5.67. The molecule has 0 aromatic rings. The van der Waals surface area contributed by atoms with E-state index in [9.17, 15) is 4.79 Å². The minimum absolute atomic E-state index is 0.109. The zero-order valence-electron chi connectivity index (χ0n) is 7.29. The van der Waals surface area contributed by atoms with Crippen LogP contribution in [0.4, 0.5) is 0 Å². The maximum Gasteiger partial charge on any atom is 0.303 e. The van der Waals surface area contributed by atoms with Crippen LogP contribution in [-0.4, -0.2) is 22.3 Å². The quantitative estimate of drug-likeness (QED) is 0.651. The van der Waals surface area contributed by atoms with Crippen molar-refractivity contribution < 1.29 is 15.0 Å². The number of carboxylic acid groups (broad SMARTS) is 1. The van der Waals surface area contributed by atoms with Crippen molar-refractivity contribution in [2.24, 2.45) is 5.41 Å². The Balaban J connectivity index is 3.89. The third-order valence-electron chi connectivity index (χ3n) is 1.48. The summed E-state index contributed by atoms with van der Waals surface area (Å²) >= 11 is 0. The molecule has 0 aliphatic heterocycles.